The molecule has 1 aromatic carbocycles. The maximum Gasteiger partial charge on any atom is 0.415 e. The second-order valence-electron chi connectivity index (χ2n) is 11.0. The van der Waals surface area contributed by atoms with Crippen molar-refractivity contribution < 1.29 is 28.2 Å². The van der Waals surface area contributed by atoms with Crippen molar-refractivity contribution in [1.29, 1.82) is 0 Å². The summed E-state index contributed by atoms with van der Waals surface area (Å²) >= 11 is 6.45. The van der Waals surface area contributed by atoms with Crippen LogP contribution in [0.25, 0.3) is 21.9 Å². The van der Waals surface area contributed by atoms with Crippen molar-refractivity contribution in [2.75, 3.05) is 43.5 Å². The van der Waals surface area contributed by atoms with E-state index in [0.717, 1.165) is 13.0 Å². The molecule has 40 heavy (non-hydrogen) atoms. The van der Waals surface area contributed by atoms with E-state index in [2.05, 4.69) is 20.2 Å². The minimum atomic E-state index is -0.702. The molecule has 12 heteroatoms. The Morgan fingerprint density at radius 1 is 1.18 bits per heavy atom. The van der Waals surface area contributed by atoms with Gasteiger partial charge >= 0.3 is 12.2 Å². The van der Waals surface area contributed by atoms with Gasteiger partial charge in [-0.15, -0.1) is 0 Å². The Morgan fingerprint density at radius 3 is 2.65 bits per heavy atom. The highest BCUT2D eigenvalue weighted by atomic mass is 35.5. The number of amides is 2. The zero-order chi connectivity index (χ0) is 28.8. The molecule has 2 aromatic heterocycles. The fourth-order valence-electron chi connectivity index (χ4n) is 4.88. The number of anilines is 2. The molecule has 2 aliphatic heterocycles. The molecule has 3 aromatic rings. The lowest BCUT2D eigenvalue weighted by molar-refractivity contribution is 0.0566. The molecule has 2 amide bonds. The minimum Gasteiger partial charge on any atom is -0.474 e. The molecule has 4 heterocycles. The number of nitrogens with one attached hydrogen (secondary N) is 1. The van der Waals surface area contributed by atoms with Crippen LogP contribution < -0.4 is 15.0 Å². The van der Waals surface area contributed by atoms with Gasteiger partial charge in [-0.1, -0.05) is 11.6 Å². The normalized spacial score (nSPS) is 17.4. The quantitative estimate of drug-likeness (QED) is 0.421. The highest BCUT2D eigenvalue weighted by molar-refractivity contribution is 6.36. The third-order valence-corrected chi connectivity index (χ3v) is 7.12. The molecule has 0 aliphatic carbocycles. The molecular formula is C28H31ClFN5O5. The standard InChI is InChI=1S/C28H31ClFN5O5/c1-15-19(12-32-25-24(15)35(8-9-38-25)27(37)40-28(2,3)4)18-10-16-11-21(31-13-20(16)22(29)23(18)30)33-26(36)39-17-6-7-34(5)14-17/h10-13,17H,6-9,14H2,1-5H3,(H,31,33,36). The number of nitrogens with zero attached hydrogens (tertiary/aromatic N) is 4. The van der Waals surface area contributed by atoms with E-state index < -0.39 is 23.6 Å². The summed E-state index contributed by atoms with van der Waals surface area (Å²) in [5, 5.41) is 3.44. The molecule has 2 aliphatic rings. The number of pyridine rings is 2. The fraction of sp³-hybridized carbons (Fsp3) is 0.429. The maximum atomic E-state index is 15.7. The van der Waals surface area contributed by atoms with Gasteiger partial charge in [0.2, 0.25) is 5.88 Å². The molecule has 212 valence electrons. The summed E-state index contributed by atoms with van der Waals surface area (Å²) in [6.45, 7) is 9.13. The highest BCUT2D eigenvalue weighted by Crippen LogP contribution is 2.42. The molecule has 0 radical (unpaired) electrons. The SMILES string of the molecule is Cc1c(-c2cc3cc(NC(=O)OC4CCN(C)C4)ncc3c(Cl)c2F)cnc2c1N(C(=O)OC(C)(C)C)CCO2. The Kier molecular flexibility index (Phi) is 7.45. The summed E-state index contributed by atoms with van der Waals surface area (Å²) in [4.78, 5) is 37.6. The topological polar surface area (TPSA) is 106 Å². The molecule has 1 N–H and O–H groups in total. The highest BCUT2D eigenvalue weighted by Gasteiger charge is 2.32. The van der Waals surface area contributed by atoms with E-state index in [1.165, 1.54) is 17.3 Å². The Labute approximate surface area is 236 Å². The Hall–Kier alpha value is -3.70. The number of carbonyl (C=O) groups is 2. The van der Waals surface area contributed by atoms with E-state index in [4.69, 9.17) is 25.8 Å². The molecule has 1 saturated heterocycles. The van der Waals surface area contributed by atoms with Crippen LogP contribution in [0.5, 0.6) is 5.88 Å². The largest absolute Gasteiger partial charge is 0.474 e. The molecule has 10 nitrogen and oxygen atoms in total. The lowest BCUT2D eigenvalue weighted by Gasteiger charge is -2.32. The third kappa shape index (κ3) is 5.62. The number of ether oxygens (including phenoxy) is 3. The molecule has 1 atom stereocenters. The van der Waals surface area contributed by atoms with Crippen LogP contribution in [0.1, 0.15) is 32.8 Å². The number of likely N-dealkylation sites (N-methyl/N-ethyl adjacent to an activating group) is 1. The number of fused-ring (bicyclic) bond motifs is 2. The zero-order valence-corrected chi connectivity index (χ0v) is 23.8. The second kappa shape index (κ2) is 10.7. The summed E-state index contributed by atoms with van der Waals surface area (Å²) in [6, 6.07) is 3.21. The van der Waals surface area contributed by atoms with E-state index >= 15 is 4.39 Å². The number of hydrogen-bond acceptors (Lipinski definition) is 8. The van der Waals surface area contributed by atoms with Gasteiger partial charge in [-0.25, -0.2) is 23.9 Å². The van der Waals surface area contributed by atoms with Crippen molar-refractivity contribution in [3.63, 3.8) is 0 Å². The van der Waals surface area contributed by atoms with E-state index in [9.17, 15) is 9.59 Å². The van der Waals surface area contributed by atoms with Crippen LogP contribution >= 0.6 is 11.6 Å². The minimum absolute atomic E-state index is 0.125. The van der Waals surface area contributed by atoms with Crippen molar-refractivity contribution in [1.82, 2.24) is 14.9 Å². The molecule has 0 spiro atoms. The van der Waals surface area contributed by atoms with Crippen LogP contribution in [0.3, 0.4) is 0 Å². The van der Waals surface area contributed by atoms with Crippen LogP contribution in [0, 0.1) is 12.7 Å². The monoisotopic (exact) mass is 571 g/mol. The Balaban J connectivity index is 1.49. The third-order valence-electron chi connectivity index (χ3n) is 6.75. The van der Waals surface area contributed by atoms with Gasteiger partial charge in [-0.05, 0) is 64.2 Å². The van der Waals surface area contributed by atoms with Crippen LogP contribution in [0.4, 0.5) is 25.5 Å². The van der Waals surface area contributed by atoms with Gasteiger partial charge in [0.1, 0.15) is 35.6 Å². The number of halogens is 2. The Morgan fingerprint density at radius 2 is 1.95 bits per heavy atom. The molecule has 0 saturated carbocycles. The predicted molar refractivity (Wildman–Crippen MR) is 150 cm³/mol. The van der Waals surface area contributed by atoms with Gasteiger partial charge in [-0.2, -0.15) is 0 Å². The molecule has 0 bridgehead atoms. The molecule has 5 rings (SSSR count). The number of hydrogen-bond donors (Lipinski definition) is 1. The predicted octanol–water partition coefficient (Wildman–Crippen LogP) is 5.78. The lowest BCUT2D eigenvalue weighted by atomic mass is 9.97. The van der Waals surface area contributed by atoms with E-state index in [1.807, 2.05) is 7.05 Å². The van der Waals surface area contributed by atoms with Gasteiger partial charge < -0.3 is 19.1 Å². The number of likely N-dealkylation sites (tertiary alicyclic amines) is 1. The summed E-state index contributed by atoms with van der Waals surface area (Å²) in [7, 11) is 1.97. The smallest absolute Gasteiger partial charge is 0.415 e. The molecular weight excluding hydrogens is 541 g/mol. The summed E-state index contributed by atoms with van der Waals surface area (Å²) in [6.07, 6.45) is 2.30. The number of aromatic nitrogens is 2. The number of benzene rings is 1. The van der Waals surface area contributed by atoms with Crippen molar-refractivity contribution in [2.45, 2.75) is 45.8 Å². The first-order valence-corrected chi connectivity index (χ1v) is 13.4. The Bertz CT molecular complexity index is 1490. The first-order valence-electron chi connectivity index (χ1n) is 13.0. The van der Waals surface area contributed by atoms with Gasteiger partial charge in [0.25, 0.3) is 0 Å². The second-order valence-corrected chi connectivity index (χ2v) is 11.4. The average Bonchev–Trinajstić information content (AvgIpc) is 3.29. The first kappa shape index (κ1) is 27.9. The van der Waals surface area contributed by atoms with E-state index in [1.54, 1.807) is 39.8 Å². The summed E-state index contributed by atoms with van der Waals surface area (Å²) < 4.78 is 32.4. The first-order chi connectivity index (χ1) is 18.9. The van der Waals surface area contributed by atoms with Crippen molar-refractivity contribution >= 4 is 46.1 Å². The summed E-state index contributed by atoms with van der Waals surface area (Å²) in [5.74, 6) is -0.164. The maximum absolute atomic E-state index is 15.7. The van der Waals surface area contributed by atoms with Gasteiger partial charge in [0, 0.05) is 42.0 Å². The van der Waals surface area contributed by atoms with Crippen molar-refractivity contribution in [2.24, 2.45) is 0 Å². The molecule has 1 fully saturated rings. The zero-order valence-electron chi connectivity index (χ0n) is 23.0. The van der Waals surface area contributed by atoms with Crippen LogP contribution in [0.15, 0.2) is 24.5 Å². The van der Waals surface area contributed by atoms with E-state index in [-0.39, 0.29) is 41.5 Å². The lowest BCUT2D eigenvalue weighted by Crippen LogP contribution is -2.42. The van der Waals surface area contributed by atoms with Crippen LogP contribution in [0.2, 0.25) is 5.02 Å². The van der Waals surface area contributed by atoms with Crippen molar-refractivity contribution in [3.05, 3.63) is 40.9 Å². The van der Waals surface area contributed by atoms with Gasteiger partial charge in [0.05, 0.1) is 11.6 Å². The van der Waals surface area contributed by atoms with Gasteiger partial charge in [0.15, 0.2) is 0 Å². The van der Waals surface area contributed by atoms with E-state index in [0.29, 0.717) is 34.1 Å². The fourth-order valence-corrected chi connectivity index (χ4v) is 5.14. The van der Waals surface area contributed by atoms with Crippen molar-refractivity contribution in [3.8, 4) is 17.0 Å². The van der Waals surface area contributed by atoms with Crippen LogP contribution in [-0.4, -0.2) is 72.0 Å². The number of rotatable bonds is 3. The van der Waals surface area contributed by atoms with Gasteiger partial charge in [-0.3, -0.25) is 10.2 Å². The average molecular weight is 572 g/mol. The number of carbonyl (C=O) groups excluding carboxylic acids is 2. The molecule has 1 unspecified atom stereocenters. The summed E-state index contributed by atoms with van der Waals surface area (Å²) in [5.41, 5.74) is 0.879. The van der Waals surface area contributed by atoms with Crippen LogP contribution in [-0.2, 0) is 9.47 Å².